The third kappa shape index (κ3) is 2.59. The predicted molar refractivity (Wildman–Crippen MR) is 133 cm³/mol. The lowest BCUT2D eigenvalue weighted by Gasteiger charge is -2.13. The maximum Gasteiger partial charge on any atom is 0.0715 e. The lowest BCUT2D eigenvalue weighted by Crippen LogP contribution is -1.92. The largest absolute Gasteiger partial charge is 0.248 e. The quantitative estimate of drug-likeness (QED) is 0.299. The number of para-hydroxylation sites is 2. The number of rotatable bonds is 2. The van der Waals surface area contributed by atoms with Gasteiger partial charge in [-0.1, -0.05) is 72.8 Å². The highest BCUT2D eigenvalue weighted by Gasteiger charge is 2.21. The molecule has 4 aromatic carbocycles. The van der Waals surface area contributed by atoms with Gasteiger partial charge in [-0.25, -0.2) is 9.97 Å². The summed E-state index contributed by atoms with van der Waals surface area (Å²) < 4.78 is 0. The summed E-state index contributed by atoms with van der Waals surface area (Å²) in [5, 5.41) is 5.04. The summed E-state index contributed by atoms with van der Waals surface area (Å²) in [6.45, 7) is 0. The first-order chi connectivity index (χ1) is 15.8. The van der Waals surface area contributed by atoms with Gasteiger partial charge in [0.25, 0.3) is 0 Å². The highest BCUT2D eigenvalue weighted by atomic mass is 14.7. The molecule has 0 aliphatic heterocycles. The molecule has 0 N–H and O–H groups in total. The normalized spacial score (nSPS) is 12.8. The second-order valence-electron chi connectivity index (χ2n) is 8.56. The van der Waals surface area contributed by atoms with Crippen LogP contribution in [-0.4, -0.2) is 9.97 Å². The number of nitrogens with zero attached hydrogens (tertiary/aromatic N) is 2. The van der Waals surface area contributed by atoms with Crippen LogP contribution in [0.2, 0.25) is 0 Å². The van der Waals surface area contributed by atoms with Crippen LogP contribution in [-0.2, 0) is 12.8 Å². The van der Waals surface area contributed by atoms with E-state index < -0.39 is 0 Å². The number of fused-ring (bicyclic) bond motifs is 2. The zero-order valence-electron chi connectivity index (χ0n) is 17.5. The molecule has 150 valence electrons. The summed E-state index contributed by atoms with van der Waals surface area (Å²) in [7, 11) is 0. The van der Waals surface area contributed by atoms with Crippen molar-refractivity contribution in [3.8, 4) is 22.5 Å². The van der Waals surface area contributed by atoms with E-state index in [-0.39, 0.29) is 0 Å². The Kier molecular flexibility index (Phi) is 3.71. The lowest BCUT2D eigenvalue weighted by molar-refractivity contribution is 1.02. The van der Waals surface area contributed by atoms with E-state index in [1.54, 1.807) is 0 Å². The van der Waals surface area contributed by atoms with Crippen LogP contribution < -0.4 is 0 Å². The molecule has 0 saturated heterocycles. The van der Waals surface area contributed by atoms with Crippen molar-refractivity contribution in [3.63, 3.8) is 0 Å². The van der Waals surface area contributed by atoms with Crippen molar-refractivity contribution in [2.45, 2.75) is 12.8 Å². The van der Waals surface area contributed by atoms with E-state index in [4.69, 9.17) is 9.97 Å². The predicted octanol–water partition coefficient (Wildman–Crippen LogP) is 7.37. The SMILES string of the molecule is c1ccc2nc(-c3ccc4c(-c5ccc6ccccc6n5)ccc5c4c3CC5)ccc2c1. The number of pyridine rings is 2. The van der Waals surface area contributed by atoms with Crippen LogP contribution in [0.5, 0.6) is 0 Å². The van der Waals surface area contributed by atoms with Crippen molar-refractivity contribution in [1.29, 1.82) is 0 Å². The van der Waals surface area contributed by atoms with Crippen LogP contribution in [0.15, 0.2) is 97.1 Å². The first kappa shape index (κ1) is 17.6. The molecule has 0 bridgehead atoms. The van der Waals surface area contributed by atoms with Gasteiger partial charge in [-0.2, -0.15) is 0 Å². The topological polar surface area (TPSA) is 25.8 Å². The molecule has 0 atom stereocenters. The molecule has 2 heterocycles. The van der Waals surface area contributed by atoms with Crippen LogP contribution >= 0.6 is 0 Å². The van der Waals surface area contributed by atoms with Crippen molar-refractivity contribution in [2.24, 2.45) is 0 Å². The standard InChI is InChI=1S/C30H20N2/c1-3-7-26-19(5-1)11-17-28(31-26)22-13-9-21-10-14-24-23(15-16-25(22)30(21)24)29-18-12-20-6-2-4-8-27(20)32-29/h1-9,11-13,15-18H,10,14H2. The summed E-state index contributed by atoms with van der Waals surface area (Å²) in [6, 6.07) is 34.4. The average molecular weight is 409 g/mol. The average Bonchev–Trinajstić information content (AvgIpc) is 3.29. The summed E-state index contributed by atoms with van der Waals surface area (Å²) in [5.74, 6) is 0. The zero-order valence-corrected chi connectivity index (χ0v) is 17.5. The number of aromatic nitrogens is 2. The number of benzene rings is 4. The van der Waals surface area contributed by atoms with Crippen molar-refractivity contribution in [1.82, 2.24) is 9.97 Å². The molecule has 1 aliphatic rings. The van der Waals surface area contributed by atoms with Gasteiger partial charge in [0.1, 0.15) is 0 Å². The molecule has 0 radical (unpaired) electrons. The highest BCUT2D eigenvalue weighted by Crippen LogP contribution is 2.41. The molecular formula is C30H20N2. The number of hydrogen-bond donors (Lipinski definition) is 0. The van der Waals surface area contributed by atoms with Gasteiger partial charge >= 0.3 is 0 Å². The Morgan fingerprint density at radius 3 is 1.84 bits per heavy atom. The Balaban J connectivity index is 1.45. The molecule has 0 unspecified atom stereocenters. The molecule has 0 fully saturated rings. The zero-order chi connectivity index (χ0) is 21.1. The first-order valence-electron chi connectivity index (χ1n) is 11.1. The molecule has 0 amide bonds. The molecule has 2 aromatic heterocycles. The van der Waals surface area contributed by atoms with Crippen LogP contribution in [0.25, 0.3) is 55.1 Å². The van der Waals surface area contributed by atoms with Crippen molar-refractivity contribution in [3.05, 3.63) is 108 Å². The van der Waals surface area contributed by atoms with Crippen molar-refractivity contribution in [2.75, 3.05) is 0 Å². The van der Waals surface area contributed by atoms with E-state index >= 15 is 0 Å². The van der Waals surface area contributed by atoms with Crippen molar-refractivity contribution < 1.29 is 0 Å². The fourth-order valence-corrected chi connectivity index (χ4v) is 5.22. The van der Waals surface area contributed by atoms with Gasteiger partial charge in [-0.15, -0.1) is 0 Å². The van der Waals surface area contributed by atoms with E-state index in [9.17, 15) is 0 Å². The Morgan fingerprint density at radius 2 is 1.12 bits per heavy atom. The Labute approximate surface area is 186 Å². The van der Waals surface area contributed by atoms with Gasteiger partial charge < -0.3 is 0 Å². The van der Waals surface area contributed by atoms with Crippen LogP contribution in [0.1, 0.15) is 11.1 Å². The van der Waals surface area contributed by atoms with Crippen LogP contribution in [0, 0.1) is 0 Å². The van der Waals surface area contributed by atoms with Gasteiger partial charge in [0.2, 0.25) is 0 Å². The van der Waals surface area contributed by atoms with Crippen molar-refractivity contribution >= 4 is 32.6 Å². The smallest absolute Gasteiger partial charge is 0.0715 e. The number of hydrogen-bond acceptors (Lipinski definition) is 2. The Hall–Kier alpha value is -4.04. The molecule has 0 spiro atoms. The van der Waals surface area contributed by atoms with E-state index in [2.05, 4.69) is 97.1 Å². The van der Waals surface area contributed by atoms with E-state index in [0.717, 1.165) is 35.3 Å². The minimum atomic E-state index is 1.03. The van der Waals surface area contributed by atoms with Gasteiger partial charge in [0.15, 0.2) is 0 Å². The molecule has 32 heavy (non-hydrogen) atoms. The fourth-order valence-electron chi connectivity index (χ4n) is 5.22. The Bertz CT molecular complexity index is 1680. The number of aryl methyl sites for hydroxylation is 2. The molecule has 7 rings (SSSR count). The second kappa shape index (κ2) is 6.73. The molecule has 6 aromatic rings. The third-order valence-electron chi connectivity index (χ3n) is 6.77. The summed E-state index contributed by atoms with van der Waals surface area (Å²) in [4.78, 5) is 9.96. The monoisotopic (exact) mass is 408 g/mol. The van der Waals surface area contributed by atoms with Gasteiger partial charge in [0, 0.05) is 21.9 Å². The summed E-state index contributed by atoms with van der Waals surface area (Å²) >= 11 is 0. The van der Waals surface area contributed by atoms with Gasteiger partial charge in [0.05, 0.1) is 22.4 Å². The van der Waals surface area contributed by atoms with Crippen LogP contribution in [0.4, 0.5) is 0 Å². The maximum atomic E-state index is 4.99. The maximum absolute atomic E-state index is 4.99. The highest BCUT2D eigenvalue weighted by molar-refractivity contribution is 6.04. The minimum absolute atomic E-state index is 1.03. The van der Waals surface area contributed by atoms with Crippen LogP contribution in [0.3, 0.4) is 0 Å². The second-order valence-corrected chi connectivity index (χ2v) is 8.56. The van der Waals surface area contributed by atoms with Gasteiger partial charge in [-0.05, 0) is 59.0 Å². The molecular weight excluding hydrogens is 388 g/mol. The van der Waals surface area contributed by atoms with E-state index in [1.165, 1.54) is 43.8 Å². The summed E-state index contributed by atoms with van der Waals surface area (Å²) in [6.07, 6.45) is 2.15. The minimum Gasteiger partial charge on any atom is -0.248 e. The van der Waals surface area contributed by atoms with Gasteiger partial charge in [-0.3, -0.25) is 0 Å². The lowest BCUT2D eigenvalue weighted by atomic mass is 9.93. The molecule has 2 nitrogen and oxygen atoms in total. The Morgan fingerprint density at radius 1 is 0.500 bits per heavy atom. The van der Waals surface area contributed by atoms with E-state index in [1.807, 2.05) is 0 Å². The summed E-state index contributed by atoms with van der Waals surface area (Å²) in [5.41, 5.74) is 9.48. The molecule has 2 heteroatoms. The molecule has 1 aliphatic carbocycles. The van der Waals surface area contributed by atoms with E-state index in [0.29, 0.717) is 0 Å². The third-order valence-corrected chi connectivity index (χ3v) is 6.77. The first-order valence-corrected chi connectivity index (χ1v) is 11.1. The fraction of sp³-hybridized carbons (Fsp3) is 0.0667. The molecule has 0 saturated carbocycles.